The molecule has 0 aliphatic heterocycles. The molecule has 0 aromatic heterocycles. The van der Waals surface area contributed by atoms with Crippen molar-refractivity contribution in [2.45, 2.75) is 88.9 Å². The fourth-order valence-corrected chi connectivity index (χ4v) is 45.9. The zero-order valence-corrected chi connectivity index (χ0v) is 20.2. The topological polar surface area (TPSA) is 0 Å². The first-order valence-electron chi connectivity index (χ1n) is 7.40. The summed E-state index contributed by atoms with van der Waals surface area (Å²) in [4.78, 5) is 0. The smallest absolute Gasteiger partial charge is 0.0546 e. The fourth-order valence-electron chi connectivity index (χ4n) is 4.05. The van der Waals surface area contributed by atoms with Crippen molar-refractivity contribution in [2.24, 2.45) is 0 Å². The average Bonchev–Trinajstić information content (AvgIpc) is 1.92. The summed E-state index contributed by atoms with van der Waals surface area (Å²) in [7, 11) is -0.211. The van der Waals surface area contributed by atoms with Gasteiger partial charge in [-0.1, -0.05) is 95.4 Å². The Morgan fingerprint density at radius 2 is 0.789 bits per heavy atom. The summed E-state index contributed by atoms with van der Waals surface area (Å²) in [5.74, 6) is 0. The van der Waals surface area contributed by atoms with Crippen LogP contribution in [0, 0.1) is 0 Å². The molecule has 0 amide bonds. The van der Waals surface area contributed by atoms with Crippen LogP contribution in [0.5, 0.6) is 0 Å². The highest BCUT2D eigenvalue weighted by Gasteiger charge is 2.59. The summed E-state index contributed by atoms with van der Waals surface area (Å²) >= 11 is 0. The third kappa shape index (κ3) is 4.61. The van der Waals surface area contributed by atoms with E-state index in [1.807, 2.05) is 0 Å². The van der Waals surface area contributed by atoms with Gasteiger partial charge in [-0.25, -0.2) is 0 Å². The lowest BCUT2D eigenvalue weighted by atomic mass is 10.3. The molecule has 0 aromatic rings. The largest absolute Gasteiger partial charge is 0.0779 e. The number of rotatable bonds is 4. The van der Waals surface area contributed by atoms with Crippen LogP contribution >= 0.6 is 15.7 Å². The Bertz CT molecular complexity index is 300. The second-order valence-electron chi connectivity index (χ2n) is 9.83. The molecule has 0 bridgehead atoms. The van der Waals surface area contributed by atoms with Crippen molar-refractivity contribution in [2.75, 3.05) is 0 Å². The van der Waals surface area contributed by atoms with Crippen LogP contribution in [0.15, 0.2) is 0 Å². The summed E-state index contributed by atoms with van der Waals surface area (Å²) in [6.45, 7) is 30.9. The molecular formula is C14H36P2Si3. The Hall–Kier alpha value is 1.25. The van der Waals surface area contributed by atoms with E-state index in [4.69, 9.17) is 0 Å². The van der Waals surface area contributed by atoms with Gasteiger partial charge in [0.05, 0.1) is 24.2 Å². The van der Waals surface area contributed by atoms with Gasteiger partial charge in [-0.3, -0.25) is 0 Å². The van der Waals surface area contributed by atoms with E-state index in [1.54, 1.807) is 15.7 Å². The van der Waals surface area contributed by atoms with Crippen LogP contribution in [0.2, 0.25) is 58.9 Å². The first kappa shape index (κ1) is 20.3. The average molecular weight is 351 g/mol. The van der Waals surface area contributed by atoms with Crippen LogP contribution in [0.3, 0.4) is 0 Å². The van der Waals surface area contributed by atoms with E-state index in [1.165, 1.54) is 0 Å². The second-order valence-corrected chi connectivity index (χ2v) is 32.0. The Morgan fingerprint density at radius 1 is 0.526 bits per heavy atom. The predicted molar refractivity (Wildman–Crippen MR) is 106 cm³/mol. The van der Waals surface area contributed by atoms with Gasteiger partial charge in [0, 0.05) is 9.18 Å². The third-order valence-corrected chi connectivity index (χ3v) is 36.5. The van der Waals surface area contributed by atoms with Gasteiger partial charge < -0.3 is 0 Å². The van der Waals surface area contributed by atoms with E-state index in [-0.39, 0.29) is 0 Å². The maximum Gasteiger partial charge on any atom is 0.0546 e. The predicted octanol–water partition coefficient (Wildman–Crippen LogP) is 6.96. The summed E-state index contributed by atoms with van der Waals surface area (Å²) in [5, 5.41) is 0.436. The van der Waals surface area contributed by atoms with Gasteiger partial charge in [0.1, 0.15) is 0 Å². The van der Waals surface area contributed by atoms with Crippen LogP contribution in [-0.2, 0) is 0 Å². The van der Waals surface area contributed by atoms with Crippen LogP contribution in [-0.4, -0.2) is 33.4 Å². The lowest BCUT2D eigenvalue weighted by Crippen LogP contribution is -2.73. The lowest BCUT2D eigenvalue weighted by Gasteiger charge is -2.56. The highest BCUT2D eigenvalue weighted by atomic mass is 31.7. The summed E-state index contributed by atoms with van der Waals surface area (Å²) < 4.78 is 0.696. The Kier molecular flexibility index (Phi) is 6.18. The van der Waals surface area contributed by atoms with E-state index in [0.29, 0.717) is 9.18 Å². The highest BCUT2D eigenvalue weighted by molar-refractivity contribution is 7.89. The van der Waals surface area contributed by atoms with Gasteiger partial charge in [0.2, 0.25) is 0 Å². The molecule has 0 radical (unpaired) electrons. The fraction of sp³-hybridized carbons (Fsp3) is 1.00. The Morgan fingerprint density at radius 3 is 0.947 bits per heavy atom. The van der Waals surface area contributed by atoms with E-state index in [2.05, 4.69) is 79.7 Å². The van der Waals surface area contributed by atoms with Gasteiger partial charge in [0.25, 0.3) is 0 Å². The molecule has 0 rings (SSSR count). The molecule has 114 valence electrons. The third-order valence-electron chi connectivity index (χ3n) is 3.76. The molecule has 19 heavy (non-hydrogen) atoms. The van der Waals surface area contributed by atoms with Crippen molar-refractivity contribution >= 4 is 40.0 Å². The van der Waals surface area contributed by atoms with Gasteiger partial charge in [0.15, 0.2) is 0 Å². The molecule has 0 saturated carbocycles. The number of hydrogen-bond acceptors (Lipinski definition) is 0. The van der Waals surface area contributed by atoms with Crippen LogP contribution in [0.1, 0.15) is 20.8 Å². The SMILES string of the molecule is CC(C)(C)P=PC([Si](C)(C)C)([Si](C)(C)C)[Si](C)(C)C. The summed E-state index contributed by atoms with van der Waals surface area (Å²) in [6, 6.07) is 0. The molecule has 0 aliphatic rings. The van der Waals surface area contributed by atoms with Gasteiger partial charge in [-0.05, 0) is 0 Å². The standard InChI is InChI=1S/C14H36P2Si3/c1-13(2,3)15-16-14(17(4,5)6,18(7,8)9)19(10,11)12/h1-12H3. The molecule has 0 saturated heterocycles. The van der Waals surface area contributed by atoms with Gasteiger partial charge in [-0.2, -0.15) is 0 Å². The molecule has 5 heteroatoms. The van der Waals surface area contributed by atoms with Gasteiger partial charge >= 0.3 is 0 Å². The van der Waals surface area contributed by atoms with E-state index >= 15 is 0 Å². The maximum atomic E-state index is 2.63. The van der Waals surface area contributed by atoms with Crippen LogP contribution in [0.25, 0.3) is 0 Å². The zero-order chi connectivity index (χ0) is 15.9. The summed E-state index contributed by atoms with van der Waals surface area (Å²) in [5.41, 5.74) is 0. The molecule has 0 spiro atoms. The van der Waals surface area contributed by atoms with Crippen molar-refractivity contribution in [3.63, 3.8) is 0 Å². The minimum Gasteiger partial charge on any atom is -0.0779 e. The lowest BCUT2D eigenvalue weighted by molar-refractivity contribution is 0.803. The first-order chi connectivity index (χ1) is 7.96. The van der Waals surface area contributed by atoms with Crippen molar-refractivity contribution in [1.29, 1.82) is 0 Å². The van der Waals surface area contributed by atoms with E-state index < -0.39 is 24.2 Å². The molecule has 0 fully saturated rings. The van der Waals surface area contributed by atoms with Crippen molar-refractivity contribution in [3.8, 4) is 0 Å². The van der Waals surface area contributed by atoms with Crippen LogP contribution in [0.4, 0.5) is 0 Å². The minimum absolute atomic E-state index is 0.436. The van der Waals surface area contributed by atoms with E-state index in [9.17, 15) is 0 Å². The molecule has 0 aromatic carbocycles. The maximum absolute atomic E-state index is 2.63. The van der Waals surface area contributed by atoms with Gasteiger partial charge in [-0.15, -0.1) is 0 Å². The molecule has 0 aliphatic carbocycles. The zero-order valence-electron chi connectivity index (χ0n) is 15.4. The number of hydrogen-bond donors (Lipinski definition) is 0. The van der Waals surface area contributed by atoms with Crippen LogP contribution < -0.4 is 0 Å². The molecule has 0 unspecified atom stereocenters. The normalized spacial score (nSPS) is 16.2. The summed E-state index contributed by atoms with van der Waals surface area (Å²) in [6.07, 6.45) is 0. The van der Waals surface area contributed by atoms with E-state index in [0.717, 1.165) is 0 Å². The highest BCUT2D eigenvalue weighted by Crippen LogP contribution is 2.54. The second kappa shape index (κ2) is 5.80. The Labute approximate surface area is 129 Å². The molecule has 0 atom stereocenters. The minimum atomic E-state index is -1.20. The molecule has 0 nitrogen and oxygen atoms in total. The molecule has 0 N–H and O–H groups in total. The van der Waals surface area contributed by atoms with Crippen molar-refractivity contribution in [1.82, 2.24) is 0 Å². The first-order valence-corrected chi connectivity index (χ1v) is 20.4. The monoisotopic (exact) mass is 350 g/mol. The van der Waals surface area contributed by atoms with Crippen molar-refractivity contribution < 1.29 is 0 Å². The molecular weight excluding hydrogens is 314 g/mol. The quantitative estimate of drug-likeness (QED) is 0.379. The molecule has 0 heterocycles. The van der Waals surface area contributed by atoms with Crippen molar-refractivity contribution in [3.05, 3.63) is 0 Å². The Balaban J connectivity index is 6.21.